The minimum absolute atomic E-state index is 0.0213. The molecule has 1 aromatic carbocycles. The van der Waals surface area contributed by atoms with Crippen LogP contribution in [0.5, 0.6) is 5.75 Å². The van der Waals surface area contributed by atoms with Crippen molar-refractivity contribution in [3.8, 4) is 5.75 Å². The van der Waals surface area contributed by atoms with E-state index in [4.69, 9.17) is 16.3 Å². The molecule has 0 unspecified atom stereocenters. The smallest absolute Gasteiger partial charge is 0.260 e. The van der Waals surface area contributed by atoms with E-state index in [0.29, 0.717) is 29.4 Å². The molecule has 0 saturated carbocycles. The fourth-order valence-corrected chi connectivity index (χ4v) is 3.36. The maximum absolute atomic E-state index is 12.4. The molecule has 0 aliphatic heterocycles. The highest BCUT2D eigenvalue weighted by Gasteiger charge is 2.15. The van der Waals surface area contributed by atoms with Crippen molar-refractivity contribution >= 4 is 39.7 Å². The highest BCUT2D eigenvalue weighted by Crippen LogP contribution is 2.29. The zero-order valence-electron chi connectivity index (χ0n) is 13.2. The molecule has 0 aliphatic carbocycles. The molecule has 6 heteroatoms. The number of fused-ring (bicyclic) bond motifs is 1. The van der Waals surface area contributed by atoms with Crippen LogP contribution in [0.3, 0.4) is 0 Å². The van der Waals surface area contributed by atoms with Crippen molar-refractivity contribution in [2.24, 2.45) is 0 Å². The van der Waals surface area contributed by atoms with E-state index in [9.17, 15) is 4.79 Å². The number of thiophene rings is 1. The fraction of sp³-hybridized carbons (Fsp3) is 0.222. The minimum atomic E-state index is -0.0510. The average Bonchev–Trinajstić information content (AvgIpc) is 3.12. The number of carbonyl (C=O) groups excluding carboxylic acids is 1. The molecule has 0 radical (unpaired) electrons. The SMILES string of the molecule is CCN(Cc1cccs1)C(=O)COc1ccc(Cl)c2cccnc12. The van der Waals surface area contributed by atoms with Gasteiger partial charge in [0.1, 0.15) is 11.3 Å². The Kier molecular flexibility index (Phi) is 5.33. The lowest BCUT2D eigenvalue weighted by molar-refractivity contribution is -0.133. The Labute approximate surface area is 149 Å². The average molecular weight is 361 g/mol. The summed E-state index contributed by atoms with van der Waals surface area (Å²) in [6.45, 7) is 3.19. The van der Waals surface area contributed by atoms with Gasteiger partial charge >= 0.3 is 0 Å². The van der Waals surface area contributed by atoms with Crippen LogP contribution in [0.1, 0.15) is 11.8 Å². The second-order valence-corrected chi connectivity index (χ2v) is 6.66. The number of halogens is 1. The number of ether oxygens (including phenoxy) is 1. The number of benzene rings is 1. The predicted molar refractivity (Wildman–Crippen MR) is 97.7 cm³/mol. The molecular weight excluding hydrogens is 344 g/mol. The number of likely N-dealkylation sites (N-methyl/N-ethyl adjacent to an activating group) is 1. The first-order chi connectivity index (χ1) is 11.7. The van der Waals surface area contributed by atoms with Crippen LogP contribution in [-0.2, 0) is 11.3 Å². The van der Waals surface area contributed by atoms with Crippen molar-refractivity contribution < 1.29 is 9.53 Å². The Hall–Kier alpha value is -2.11. The number of nitrogens with zero attached hydrogens (tertiary/aromatic N) is 2. The van der Waals surface area contributed by atoms with Crippen molar-refractivity contribution in [2.75, 3.05) is 13.2 Å². The molecule has 0 saturated heterocycles. The van der Waals surface area contributed by atoms with Crippen LogP contribution in [0.4, 0.5) is 0 Å². The third-order valence-electron chi connectivity index (χ3n) is 3.69. The Balaban J connectivity index is 1.71. The van der Waals surface area contributed by atoms with E-state index in [1.165, 1.54) is 0 Å². The molecule has 4 nitrogen and oxygen atoms in total. The maximum atomic E-state index is 12.4. The minimum Gasteiger partial charge on any atom is -0.481 e. The lowest BCUT2D eigenvalue weighted by Gasteiger charge is -2.20. The number of hydrogen-bond acceptors (Lipinski definition) is 4. The predicted octanol–water partition coefficient (Wildman–Crippen LogP) is 4.38. The molecular formula is C18H17ClN2O2S. The third-order valence-corrected chi connectivity index (χ3v) is 4.88. The summed E-state index contributed by atoms with van der Waals surface area (Å²) in [5.74, 6) is 0.514. The van der Waals surface area contributed by atoms with Gasteiger partial charge in [0, 0.05) is 23.0 Å². The van der Waals surface area contributed by atoms with Crippen LogP contribution in [-0.4, -0.2) is 28.9 Å². The van der Waals surface area contributed by atoms with Gasteiger partial charge in [0.15, 0.2) is 6.61 Å². The van der Waals surface area contributed by atoms with E-state index >= 15 is 0 Å². The monoisotopic (exact) mass is 360 g/mol. The van der Waals surface area contributed by atoms with Crippen molar-refractivity contribution in [3.05, 3.63) is 57.9 Å². The van der Waals surface area contributed by atoms with Crippen LogP contribution < -0.4 is 4.74 Å². The molecule has 124 valence electrons. The molecule has 1 amide bonds. The fourth-order valence-electron chi connectivity index (χ4n) is 2.43. The van der Waals surface area contributed by atoms with Gasteiger partial charge in [-0.1, -0.05) is 17.7 Å². The van der Waals surface area contributed by atoms with E-state index in [0.717, 1.165) is 10.3 Å². The second-order valence-electron chi connectivity index (χ2n) is 5.22. The van der Waals surface area contributed by atoms with Gasteiger partial charge in [-0.2, -0.15) is 0 Å². The van der Waals surface area contributed by atoms with Crippen LogP contribution in [0.25, 0.3) is 10.9 Å². The molecule has 0 fully saturated rings. The van der Waals surface area contributed by atoms with Gasteiger partial charge in [-0.3, -0.25) is 9.78 Å². The molecule has 24 heavy (non-hydrogen) atoms. The Bertz CT molecular complexity index is 836. The van der Waals surface area contributed by atoms with E-state index in [-0.39, 0.29) is 12.5 Å². The summed E-state index contributed by atoms with van der Waals surface area (Å²) in [4.78, 5) is 19.7. The highest BCUT2D eigenvalue weighted by atomic mass is 35.5. The quantitative estimate of drug-likeness (QED) is 0.655. The third kappa shape index (κ3) is 3.68. The van der Waals surface area contributed by atoms with Gasteiger partial charge in [0.05, 0.1) is 11.6 Å². The summed E-state index contributed by atoms with van der Waals surface area (Å²) in [5, 5.41) is 3.44. The van der Waals surface area contributed by atoms with Crippen molar-refractivity contribution in [2.45, 2.75) is 13.5 Å². The van der Waals surface area contributed by atoms with Gasteiger partial charge in [-0.15, -0.1) is 11.3 Å². The molecule has 0 atom stereocenters. The lowest BCUT2D eigenvalue weighted by Crippen LogP contribution is -2.34. The standard InChI is InChI=1S/C18H17ClN2O2S/c1-2-21(11-13-5-4-10-24-13)17(22)12-23-16-8-7-15(19)14-6-3-9-20-18(14)16/h3-10H,2,11-12H2,1H3. The van der Waals surface area contributed by atoms with Gasteiger partial charge < -0.3 is 9.64 Å². The first-order valence-electron chi connectivity index (χ1n) is 7.65. The first kappa shape index (κ1) is 16.7. The topological polar surface area (TPSA) is 42.4 Å². The Morgan fingerprint density at radius 3 is 2.92 bits per heavy atom. The van der Waals surface area contributed by atoms with Gasteiger partial charge in [0.25, 0.3) is 5.91 Å². The lowest BCUT2D eigenvalue weighted by atomic mass is 10.2. The number of aromatic nitrogens is 1. The zero-order valence-corrected chi connectivity index (χ0v) is 14.8. The molecule has 0 N–H and O–H groups in total. The number of amides is 1. The normalized spacial score (nSPS) is 10.8. The Morgan fingerprint density at radius 1 is 1.29 bits per heavy atom. The molecule has 2 aromatic heterocycles. The van der Waals surface area contributed by atoms with E-state index in [2.05, 4.69) is 4.98 Å². The molecule has 0 spiro atoms. The molecule has 3 aromatic rings. The van der Waals surface area contributed by atoms with Gasteiger partial charge in [-0.25, -0.2) is 0 Å². The number of hydrogen-bond donors (Lipinski definition) is 0. The van der Waals surface area contributed by atoms with Crippen molar-refractivity contribution in [1.29, 1.82) is 0 Å². The Morgan fingerprint density at radius 2 is 2.17 bits per heavy atom. The molecule has 0 bridgehead atoms. The number of carbonyl (C=O) groups is 1. The summed E-state index contributed by atoms with van der Waals surface area (Å²) in [6, 6.07) is 11.2. The van der Waals surface area contributed by atoms with E-state index in [1.54, 1.807) is 34.6 Å². The first-order valence-corrected chi connectivity index (χ1v) is 8.91. The van der Waals surface area contributed by atoms with E-state index in [1.807, 2.05) is 36.6 Å². The summed E-state index contributed by atoms with van der Waals surface area (Å²) < 4.78 is 5.73. The van der Waals surface area contributed by atoms with Crippen LogP contribution >= 0.6 is 22.9 Å². The zero-order chi connectivity index (χ0) is 16.9. The summed E-state index contributed by atoms with van der Waals surface area (Å²) in [5.41, 5.74) is 0.666. The largest absolute Gasteiger partial charge is 0.481 e. The summed E-state index contributed by atoms with van der Waals surface area (Å²) in [6.07, 6.45) is 1.68. The van der Waals surface area contributed by atoms with Crippen LogP contribution in [0.15, 0.2) is 48.0 Å². The molecule has 2 heterocycles. The van der Waals surface area contributed by atoms with Crippen molar-refractivity contribution in [1.82, 2.24) is 9.88 Å². The number of rotatable bonds is 6. The van der Waals surface area contributed by atoms with Gasteiger partial charge in [-0.05, 0) is 42.6 Å². The molecule has 3 rings (SSSR count). The van der Waals surface area contributed by atoms with Crippen LogP contribution in [0, 0.1) is 0 Å². The summed E-state index contributed by atoms with van der Waals surface area (Å²) >= 11 is 7.82. The maximum Gasteiger partial charge on any atom is 0.260 e. The molecule has 0 aliphatic rings. The number of pyridine rings is 1. The van der Waals surface area contributed by atoms with E-state index < -0.39 is 0 Å². The van der Waals surface area contributed by atoms with Crippen molar-refractivity contribution in [3.63, 3.8) is 0 Å². The van der Waals surface area contributed by atoms with Gasteiger partial charge in [0.2, 0.25) is 0 Å². The highest BCUT2D eigenvalue weighted by molar-refractivity contribution is 7.09. The summed E-state index contributed by atoms with van der Waals surface area (Å²) in [7, 11) is 0. The van der Waals surface area contributed by atoms with Crippen LogP contribution in [0.2, 0.25) is 5.02 Å². The second kappa shape index (κ2) is 7.64.